The molecule has 0 heterocycles. The molecule has 4 N–H and O–H groups in total. The number of nitrogen functional groups attached to an aromatic ring is 1. The van der Waals surface area contributed by atoms with Gasteiger partial charge < -0.3 is 16.2 Å². The Balaban J connectivity index is 2.07. The third-order valence-corrected chi connectivity index (χ3v) is 3.63. The van der Waals surface area contributed by atoms with Crippen molar-refractivity contribution in [3.8, 4) is 0 Å². The van der Waals surface area contributed by atoms with E-state index in [4.69, 9.17) is 5.73 Å². The molecule has 1 atom stereocenters. The smallest absolute Gasteiger partial charge is 0.253 e. The maximum absolute atomic E-state index is 12.3. The molecule has 0 aliphatic carbocycles. The van der Waals surface area contributed by atoms with Crippen molar-refractivity contribution >= 4 is 27.5 Å². The van der Waals surface area contributed by atoms with Gasteiger partial charge in [-0.1, -0.05) is 46.3 Å². The topological polar surface area (TPSA) is 75.4 Å². The van der Waals surface area contributed by atoms with Gasteiger partial charge in [-0.15, -0.1) is 0 Å². The summed E-state index contributed by atoms with van der Waals surface area (Å²) in [5.41, 5.74) is 7.68. The number of carbonyl (C=O) groups excluding carboxylic acids is 1. The number of hydrogen-bond donors (Lipinski definition) is 3. The van der Waals surface area contributed by atoms with Crippen molar-refractivity contribution in [2.24, 2.45) is 0 Å². The predicted octanol–water partition coefficient (Wildman–Crippen LogP) is 2.36. The number of aliphatic hydroxyl groups excluding tert-OH is 1. The van der Waals surface area contributed by atoms with E-state index < -0.39 is 0 Å². The molecule has 1 amide bonds. The number of benzene rings is 2. The van der Waals surface area contributed by atoms with Crippen LogP contribution in [-0.4, -0.2) is 23.7 Å². The van der Waals surface area contributed by atoms with Gasteiger partial charge in [0.1, 0.15) is 0 Å². The maximum Gasteiger partial charge on any atom is 0.253 e. The van der Waals surface area contributed by atoms with Crippen LogP contribution in [0.4, 0.5) is 5.69 Å². The summed E-state index contributed by atoms with van der Waals surface area (Å²) in [6.07, 6.45) is 0.566. The van der Waals surface area contributed by atoms with Gasteiger partial charge in [0.05, 0.1) is 18.2 Å². The van der Waals surface area contributed by atoms with Crippen LogP contribution in [0.1, 0.15) is 15.9 Å². The number of nitrogens with one attached hydrogen (secondary N) is 1. The lowest BCUT2D eigenvalue weighted by atomic mass is 10.1. The minimum atomic E-state index is -0.349. The number of carbonyl (C=O) groups is 1. The van der Waals surface area contributed by atoms with Crippen LogP contribution in [-0.2, 0) is 6.42 Å². The number of aliphatic hydroxyl groups is 1. The van der Waals surface area contributed by atoms with Crippen LogP contribution in [0, 0.1) is 0 Å². The second kappa shape index (κ2) is 7.24. The van der Waals surface area contributed by atoms with Crippen molar-refractivity contribution in [2.45, 2.75) is 12.5 Å². The summed E-state index contributed by atoms with van der Waals surface area (Å²) in [5, 5.41) is 12.3. The van der Waals surface area contributed by atoms with Gasteiger partial charge in [-0.25, -0.2) is 0 Å². The van der Waals surface area contributed by atoms with E-state index in [1.807, 2.05) is 30.3 Å². The molecule has 4 nitrogen and oxygen atoms in total. The Labute approximate surface area is 132 Å². The molecule has 1 unspecified atom stereocenters. The fourth-order valence-electron chi connectivity index (χ4n) is 2.05. The quantitative estimate of drug-likeness (QED) is 0.726. The lowest BCUT2D eigenvalue weighted by Crippen LogP contribution is -2.39. The van der Waals surface area contributed by atoms with E-state index in [0.717, 1.165) is 10.0 Å². The molecule has 2 aromatic carbocycles. The van der Waals surface area contributed by atoms with Crippen LogP contribution in [0.2, 0.25) is 0 Å². The highest BCUT2D eigenvalue weighted by molar-refractivity contribution is 9.10. The molecular formula is C16H17BrN2O2. The number of halogens is 1. The summed E-state index contributed by atoms with van der Waals surface area (Å²) < 4.78 is 0.783. The fraction of sp³-hybridized carbons (Fsp3) is 0.188. The Morgan fingerprint density at radius 2 is 1.95 bits per heavy atom. The summed E-state index contributed by atoms with van der Waals surface area (Å²) in [4.78, 5) is 12.3. The molecule has 0 fully saturated rings. The molecule has 0 saturated carbocycles. The molecule has 0 spiro atoms. The first-order valence-corrected chi connectivity index (χ1v) is 7.40. The van der Waals surface area contributed by atoms with Crippen LogP contribution in [0.15, 0.2) is 53.0 Å². The number of rotatable bonds is 5. The highest BCUT2D eigenvalue weighted by Gasteiger charge is 2.15. The summed E-state index contributed by atoms with van der Waals surface area (Å²) in [6, 6.07) is 14.5. The molecule has 0 saturated heterocycles. The first kappa shape index (κ1) is 15.5. The monoisotopic (exact) mass is 348 g/mol. The Kier molecular flexibility index (Phi) is 5.36. The average Bonchev–Trinajstić information content (AvgIpc) is 2.50. The van der Waals surface area contributed by atoms with E-state index in [-0.39, 0.29) is 18.6 Å². The fourth-order valence-corrected chi connectivity index (χ4v) is 2.41. The van der Waals surface area contributed by atoms with E-state index in [1.54, 1.807) is 18.2 Å². The molecular weight excluding hydrogens is 332 g/mol. The van der Waals surface area contributed by atoms with Crippen LogP contribution in [0.25, 0.3) is 0 Å². The summed E-state index contributed by atoms with van der Waals surface area (Å²) in [5.74, 6) is -0.288. The number of amides is 1. The molecule has 2 aromatic rings. The molecule has 0 aromatic heterocycles. The van der Waals surface area contributed by atoms with Crippen molar-refractivity contribution < 1.29 is 9.90 Å². The molecule has 0 aliphatic rings. The molecule has 5 heteroatoms. The Bertz CT molecular complexity index is 617. The Morgan fingerprint density at radius 1 is 1.24 bits per heavy atom. The largest absolute Gasteiger partial charge is 0.398 e. The second-order valence-corrected chi connectivity index (χ2v) is 5.69. The molecule has 0 bridgehead atoms. The standard InChI is InChI=1S/C16H17BrN2O2/c17-12-6-7-15(18)14(9-12)16(21)19-13(10-20)8-11-4-2-1-3-5-11/h1-7,9,13,20H,8,10,18H2,(H,19,21). The van der Waals surface area contributed by atoms with Gasteiger partial charge in [-0.3, -0.25) is 4.79 Å². The molecule has 110 valence electrons. The van der Waals surface area contributed by atoms with Gasteiger partial charge in [-0.2, -0.15) is 0 Å². The van der Waals surface area contributed by atoms with Gasteiger partial charge in [0.15, 0.2) is 0 Å². The van der Waals surface area contributed by atoms with E-state index in [1.165, 1.54) is 0 Å². The molecule has 2 rings (SSSR count). The minimum absolute atomic E-state index is 0.130. The van der Waals surface area contributed by atoms with Crippen molar-refractivity contribution in [3.63, 3.8) is 0 Å². The zero-order chi connectivity index (χ0) is 15.2. The average molecular weight is 349 g/mol. The zero-order valence-corrected chi connectivity index (χ0v) is 13.0. The molecule has 21 heavy (non-hydrogen) atoms. The lowest BCUT2D eigenvalue weighted by molar-refractivity contribution is 0.0917. The predicted molar refractivity (Wildman–Crippen MR) is 87.0 cm³/mol. The summed E-state index contributed by atoms with van der Waals surface area (Å²) >= 11 is 3.32. The van der Waals surface area contributed by atoms with E-state index in [0.29, 0.717) is 17.7 Å². The van der Waals surface area contributed by atoms with Crippen LogP contribution in [0.3, 0.4) is 0 Å². The van der Waals surface area contributed by atoms with E-state index >= 15 is 0 Å². The number of anilines is 1. The van der Waals surface area contributed by atoms with Gasteiger partial charge in [-0.05, 0) is 30.2 Å². The number of nitrogens with two attached hydrogens (primary N) is 1. The SMILES string of the molecule is Nc1ccc(Br)cc1C(=O)NC(CO)Cc1ccccc1. The lowest BCUT2D eigenvalue weighted by Gasteiger charge is -2.17. The van der Waals surface area contributed by atoms with Crippen LogP contribution < -0.4 is 11.1 Å². The minimum Gasteiger partial charge on any atom is -0.398 e. The van der Waals surface area contributed by atoms with Gasteiger partial charge in [0, 0.05) is 10.2 Å². The van der Waals surface area contributed by atoms with Crippen molar-refractivity contribution in [3.05, 3.63) is 64.1 Å². The van der Waals surface area contributed by atoms with Crippen molar-refractivity contribution in [1.82, 2.24) is 5.32 Å². The van der Waals surface area contributed by atoms with E-state index in [2.05, 4.69) is 21.2 Å². The first-order valence-electron chi connectivity index (χ1n) is 6.61. The third-order valence-electron chi connectivity index (χ3n) is 3.14. The van der Waals surface area contributed by atoms with Crippen molar-refractivity contribution in [1.29, 1.82) is 0 Å². The normalized spacial score (nSPS) is 11.9. The van der Waals surface area contributed by atoms with Gasteiger partial charge >= 0.3 is 0 Å². The summed E-state index contributed by atoms with van der Waals surface area (Å²) in [7, 11) is 0. The van der Waals surface area contributed by atoms with Crippen molar-refractivity contribution in [2.75, 3.05) is 12.3 Å². The third kappa shape index (κ3) is 4.31. The highest BCUT2D eigenvalue weighted by Crippen LogP contribution is 2.18. The maximum atomic E-state index is 12.3. The first-order chi connectivity index (χ1) is 10.1. The Morgan fingerprint density at radius 3 is 2.62 bits per heavy atom. The number of hydrogen-bond acceptors (Lipinski definition) is 3. The zero-order valence-electron chi connectivity index (χ0n) is 11.4. The Hall–Kier alpha value is -1.85. The second-order valence-electron chi connectivity index (χ2n) is 4.77. The van der Waals surface area contributed by atoms with Gasteiger partial charge in [0.2, 0.25) is 0 Å². The van der Waals surface area contributed by atoms with Crippen LogP contribution >= 0.6 is 15.9 Å². The van der Waals surface area contributed by atoms with E-state index in [9.17, 15) is 9.90 Å². The molecule has 0 aliphatic heterocycles. The van der Waals surface area contributed by atoms with Crippen LogP contribution in [0.5, 0.6) is 0 Å². The highest BCUT2D eigenvalue weighted by atomic mass is 79.9. The molecule has 0 radical (unpaired) electrons. The van der Waals surface area contributed by atoms with Gasteiger partial charge in [0.25, 0.3) is 5.91 Å². The summed E-state index contributed by atoms with van der Waals surface area (Å²) in [6.45, 7) is -0.130.